The molecule has 1 atom stereocenters. The highest BCUT2D eigenvalue weighted by Gasteiger charge is 2.30. The molecule has 2 heterocycles. The van der Waals surface area contributed by atoms with Gasteiger partial charge in [0.15, 0.2) is 23.6 Å². The van der Waals surface area contributed by atoms with Gasteiger partial charge >= 0.3 is 0 Å². The molecule has 3 rings (SSSR count). The molecule has 0 aliphatic carbocycles. The summed E-state index contributed by atoms with van der Waals surface area (Å²) in [7, 11) is 1.53. The van der Waals surface area contributed by atoms with E-state index in [1.165, 1.54) is 14.0 Å². The van der Waals surface area contributed by atoms with Crippen molar-refractivity contribution in [2.45, 2.75) is 32.2 Å². The van der Waals surface area contributed by atoms with Crippen LogP contribution in [-0.4, -0.2) is 74.7 Å². The molecule has 0 radical (unpaired) electrons. The van der Waals surface area contributed by atoms with E-state index >= 15 is 0 Å². The number of rotatable bonds is 8. The van der Waals surface area contributed by atoms with Gasteiger partial charge in [-0.25, -0.2) is 0 Å². The van der Waals surface area contributed by atoms with Gasteiger partial charge < -0.3 is 29.0 Å². The molecule has 7 heteroatoms. The van der Waals surface area contributed by atoms with E-state index in [0.29, 0.717) is 42.7 Å². The Morgan fingerprint density at radius 3 is 2.59 bits per heavy atom. The van der Waals surface area contributed by atoms with E-state index in [0.717, 1.165) is 25.9 Å². The maximum absolute atomic E-state index is 11.5. The number of ketones is 1. The maximum Gasteiger partial charge on any atom is 0.161 e. The second-order valence-corrected chi connectivity index (χ2v) is 7.13. The minimum absolute atomic E-state index is 0.0308. The molecule has 1 aromatic rings. The number of carbonyl (C=O) groups excluding carboxylic acids is 1. The zero-order chi connectivity index (χ0) is 19.2. The largest absolute Gasteiger partial charge is 0.493 e. The van der Waals surface area contributed by atoms with Gasteiger partial charge in [-0.15, -0.1) is 0 Å². The number of methoxy groups -OCH3 is 1. The molecule has 0 saturated carbocycles. The molecule has 2 saturated heterocycles. The summed E-state index contributed by atoms with van der Waals surface area (Å²) in [4.78, 5) is 13.7. The summed E-state index contributed by atoms with van der Waals surface area (Å²) in [5.74, 6) is 1.43. The zero-order valence-corrected chi connectivity index (χ0v) is 16.1. The van der Waals surface area contributed by atoms with Crippen molar-refractivity contribution in [3.63, 3.8) is 0 Å². The first-order chi connectivity index (χ1) is 13.1. The molecule has 2 aliphatic rings. The SMILES string of the molecule is COc1cc(C(C)=O)ccc1OCC(O)CN1CCC(C2OCCO2)CC1. The van der Waals surface area contributed by atoms with Gasteiger partial charge in [0, 0.05) is 18.0 Å². The summed E-state index contributed by atoms with van der Waals surface area (Å²) in [6, 6.07) is 5.06. The monoisotopic (exact) mass is 379 g/mol. The minimum Gasteiger partial charge on any atom is -0.493 e. The molecule has 0 bridgehead atoms. The number of ether oxygens (including phenoxy) is 4. The number of piperidine rings is 1. The lowest BCUT2D eigenvalue weighted by molar-refractivity contribution is -0.0989. The predicted molar refractivity (Wildman–Crippen MR) is 99.4 cm³/mol. The highest BCUT2D eigenvalue weighted by molar-refractivity contribution is 5.94. The number of hydrogen-bond acceptors (Lipinski definition) is 7. The molecule has 1 aromatic carbocycles. The molecule has 2 fully saturated rings. The Labute approximate surface area is 160 Å². The van der Waals surface area contributed by atoms with Crippen molar-refractivity contribution in [3.05, 3.63) is 23.8 Å². The van der Waals surface area contributed by atoms with E-state index in [1.807, 2.05) is 0 Å². The molecule has 1 N–H and O–H groups in total. The van der Waals surface area contributed by atoms with Gasteiger partial charge in [-0.3, -0.25) is 4.79 Å². The van der Waals surface area contributed by atoms with Crippen LogP contribution < -0.4 is 9.47 Å². The average molecular weight is 379 g/mol. The highest BCUT2D eigenvalue weighted by Crippen LogP contribution is 2.29. The van der Waals surface area contributed by atoms with Gasteiger partial charge in [0.1, 0.15) is 12.7 Å². The van der Waals surface area contributed by atoms with E-state index in [1.54, 1.807) is 18.2 Å². The summed E-state index contributed by atoms with van der Waals surface area (Å²) in [5.41, 5.74) is 0.567. The summed E-state index contributed by atoms with van der Waals surface area (Å²) in [6.45, 7) is 5.46. The number of carbonyl (C=O) groups is 1. The van der Waals surface area contributed by atoms with Crippen LogP contribution in [-0.2, 0) is 9.47 Å². The Kier molecular flexibility index (Phi) is 7.07. The first-order valence-corrected chi connectivity index (χ1v) is 9.52. The fourth-order valence-electron chi connectivity index (χ4n) is 3.60. The van der Waals surface area contributed by atoms with Gasteiger partial charge in [0.05, 0.1) is 20.3 Å². The number of likely N-dealkylation sites (tertiary alicyclic amines) is 1. The molecule has 0 amide bonds. The first-order valence-electron chi connectivity index (χ1n) is 9.52. The van der Waals surface area contributed by atoms with Gasteiger partial charge in [-0.2, -0.15) is 0 Å². The van der Waals surface area contributed by atoms with Gasteiger partial charge in [0.25, 0.3) is 0 Å². The number of benzene rings is 1. The Balaban J connectivity index is 1.43. The Hall–Kier alpha value is -1.67. The van der Waals surface area contributed by atoms with Crippen LogP contribution in [0, 0.1) is 5.92 Å². The van der Waals surface area contributed by atoms with Crippen molar-refractivity contribution in [3.8, 4) is 11.5 Å². The van der Waals surface area contributed by atoms with Crippen LogP contribution in [0.4, 0.5) is 0 Å². The van der Waals surface area contributed by atoms with Crippen molar-refractivity contribution in [1.82, 2.24) is 4.90 Å². The number of aliphatic hydroxyl groups excluding tert-OH is 1. The lowest BCUT2D eigenvalue weighted by atomic mass is 9.96. The van der Waals surface area contributed by atoms with Gasteiger partial charge in [-0.1, -0.05) is 0 Å². The fourth-order valence-corrected chi connectivity index (χ4v) is 3.60. The summed E-state index contributed by atoms with van der Waals surface area (Å²) >= 11 is 0. The number of aliphatic hydroxyl groups is 1. The van der Waals surface area contributed by atoms with Crippen molar-refractivity contribution in [2.75, 3.05) is 46.6 Å². The second-order valence-electron chi connectivity index (χ2n) is 7.13. The molecule has 1 unspecified atom stereocenters. The molecule has 0 aromatic heterocycles. The maximum atomic E-state index is 11.5. The van der Waals surface area contributed by atoms with Crippen LogP contribution in [0.5, 0.6) is 11.5 Å². The van der Waals surface area contributed by atoms with Crippen LogP contribution >= 0.6 is 0 Å². The highest BCUT2D eigenvalue weighted by atomic mass is 16.7. The number of β-amino-alcohol motifs (C(OH)–C–C–N with tert-alkyl or cyclic N) is 1. The zero-order valence-electron chi connectivity index (χ0n) is 16.1. The van der Waals surface area contributed by atoms with Crippen molar-refractivity contribution < 1.29 is 28.8 Å². The third-order valence-electron chi connectivity index (χ3n) is 5.14. The van der Waals surface area contributed by atoms with E-state index < -0.39 is 6.10 Å². The summed E-state index contributed by atoms with van der Waals surface area (Å²) in [6.07, 6.45) is 1.38. The number of nitrogens with zero attached hydrogens (tertiary/aromatic N) is 1. The molecular formula is C20H29NO6. The quantitative estimate of drug-likeness (QED) is 0.689. The van der Waals surface area contributed by atoms with Crippen molar-refractivity contribution in [2.24, 2.45) is 5.92 Å². The van der Waals surface area contributed by atoms with Crippen LogP contribution in [0.1, 0.15) is 30.1 Å². The minimum atomic E-state index is -0.599. The lowest BCUT2D eigenvalue weighted by Crippen LogP contribution is -2.42. The topological polar surface area (TPSA) is 77.5 Å². The molecule has 0 spiro atoms. The van der Waals surface area contributed by atoms with Crippen LogP contribution in [0.3, 0.4) is 0 Å². The molecule has 7 nitrogen and oxygen atoms in total. The van der Waals surface area contributed by atoms with E-state index in [9.17, 15) is 9.90 Å². The smallest absolute Gasteiger partial charge is 0.161 e. The third-order valence-corrected chi connectivity index (χ3v) is 5.14. The molecule has 27 heavy (non-hydrogen) atoms. The molecular weight excluding hydrogens is 350 g/mol. The predicted octanol–water partition coefficient (Wildman–Crippen LogP) is 1.72. The standard InChI is InChI=1S/C20H29NO6/c1-14(22)16-3-4-18(19(11-16)24-2)27-13-17(23)12-21-7-5-15(6-8-21)20-25-9-10-26-20/h3-4,11,15,17,20,23H,5-10,12-13H2,1-2H3. The number of hydrogen-bond donors (Lipinski definition) is 1. The van der Waals surface area contributed by atoms with Crippen LogP contribution in [0.15, 0.2) is 18.2 Å². The Morgan fingerprint density at radius 2 is 1.96 bits per heavy atom. The normalized spacial score (nSPS) is 20.6. The third kappa shape index (κ3) is 5.42. The Bertz CT molecular complexity index is 623. The van der Waals surface area contributed by atoms with Crippen LogP contribution in [0.2, 0.25) is 0 Å². The average Bonchev–Trinajstić information content (AvgIpc) is 3.21. The van der Waals surface area contributed by atoms with Crippen LogP contribution in [0.25, 0.3) is 0 Å². The van der Waals surface area contributed by atoms with Gasteiger partial charge in [-0.05, 0) is 51.1 Å². The fraction of sp³-hybridized carbons (Fsp3) is 0.650. The summed E-state index contributed by atoms with van der Waals surface area (Å²) < 4.78 is 22.2. The number of Topliss-reactive ketones (excluding diaryl/α,β-unsaturated/α-hetero) is 1. The van der Waals surface area contributed by atoms with E-state index in [4.69, 9.17) is 18.9 Å². The second kappa shape index (κ2) is 9.50. The Morgan fingerprint density at radius 1 is 1.26 bits per heavy atom. The lowest BCUT2D eigenvalue weighted by Gasteiger charge is -2.34. The van der Waals surface area contributed by atoms with Crippen molar-refractivity contribution in [1.29, 1.82) is 0 Å². The molecule has 150 valence electrons. The van der Waals surface area contributed by atoms with Crippen molar-refractivity contribution >= 4 is 5.78 Å². The first kappa shape index (κ1) is 20.1. The summed E-state index contributed by atoms with van der Waals surface area (Å²) in [5, 5.41) is 10.3. The van der Waals surface area contributed by atoms with Gasteiger partial charge in [0.2, 0.25) is 0 Å². The van der Waals surface area contributed by atoms with E-state index in [-0.39, 0.29) is 18.7 Å². The van der Waals surface area contributed by atoms with E-state index in [2.05, 4.69) is 4.90 Å². The molecule has 2 aliphatic heterocycles.